The van der Waals surface area contributed by atoms with E-state index in [4.69, 9.17) is 4.74 Å². The van der Waals surface area contributed by atoms with Gasteiger partial charge in [0.25, 0.3) is 5.91 Å². The van der Waals surface area contributed by atoms with Gasteiger partial charge < -0.3 is 15.0 Å². The average molecular weight is 296 g/mol. The van der Waals surface area contributed by atoms with Gasteiger partial charge in [-0.05, 0) is 18.9 Å². The van der Waals surface area contributed by atoms with Crippen LogP contribution >= 0.6 is 0 Å². The molecule has 3 rings (SSSR count). The van der Waals surface area contributed by atoms with Crippen molar-refractivity contribution < 1.29 is 18.3 Å². The minimum atomic E-state index is -0.615. The molecule has 0 aromatic heterocycles. The molecule has 1 saturated heterocycles. The summed E-state index contributed by atoms with van der Waals surface area (Å²) in [5.41, 5.74) is 0.334. The normalized spacial score (nSPS) is 22.1. The molecule has 2 aliphatic rings. The molecule has 0 spiro atoms. The Morgan fingerprint density at radius 2 is 2.19 bits per heavy atom. The zero-order valence-electron chi connectivity index (χ0n) is 11.6. The molecule has 1 saturated carbocycles. The van der Waals surface area contributed by atoms with Gasteiger partial charge in [-0.15, -0.1) is 0 Å². The van der Waals surface area contributed by atoms with Crippen LogP contribution in [-0.2, 0) is 16.1 Å². The van der Waals surface area contributed by atoms with E-state index in [1.165, 1.54) is 12.1 Å². The smallest absolute Gasteiger partial charge is 0.253 e. The van der Waals surface area contributed by atoms with Crippen LogP contribution < -0.4 is 5.32 Å². The minimum Gasteiger partial charge on any atom is -0.366 e. The summed E-state index contributed by atoms with van der Waals surface area (Å²) in [7, 11) is 0. The van der Waals surface area contributed by atoms with Crippen LogP contribution in [0.1, 0.15) is 18.4 Å². The Bertz CT molecular complexity index is 528. The molecule has 0 radical (unpaired) electrons. The van der Waals surface area contributed by atoms with Gasteiger partial charge >= 0.3 is 0 Å². The second-order valence-electron chi connectivity index (χ2n) is 5.50. The van der Waals surface area contributed by atoms with Crippen molar-refractivity contribution in [2.75, 3.05) is 19.7 Å². The maximum absolute atomic E-state index is 13.8. The summed E-state index contributed by atoms with van der Waals surface area (Å²) in [6, 6.07) is 3.61. The van der Waals surface area contributed by atoms with E-state index in [-0.39, 0.29) is 18.5 Å². The van der Waals surface area contributed by atoms with E-state index in [0.717, 1.165) is 25.5 Å². The van der Waals surface area contributed by atoms with Crippen molar-refractivity contribution >= 4 is 5.91 Å². The lowest BCUT2D eigenvalue weighted by atomic mass is 10.1. The first-order valence-electron chi connectivity index (χ1n) is 7.22. The van der Waals surface area contributed by atoms with Crippen molar-refractivity contribution in [3.8, 4) is 0 Å². The highest BCUT2D eigenvalue weighted by Crippen LogP contribution is 2.30. The van der Waals surface area contributed by atoms with Crippen molar-refractivity contribution in [2.24, 2.45) is 0 Å². The van der Waals surface area contributed by atoms with E-state index in [1.807, 2.05) is 0 Å². The summed E-state index contributed by atoms with van der Waals surface area (Å²) in [5, 5.41) is 3.12. The summed E-state index contributed by atoms with van der Waals surface area (Å²) in [5.74, 6) is -1.34. The van der Waals surface area contributed by atoms with Crippen LogP contribution in [0, 0.1) is 11.6 Å². The number of hydrogen-bond donors (Lipinski definition) is 1. The van der Waals surface area contributed by atoms with Gasteiger partial charge in [0.05, 0.1) is 6.61 Å². The molecule has 6 heteroatoms. The molecule has 1 aliphatic heterocycles. The van der Waals surface area contributed by atoms with Gasteiger partial charge in [-0.1, -0.05) is 6.07 Å². The molecule has 1 aliphatic carbocycles. The highest BCUT2D eigenvalue weighted by atomic mass is 19.1. The van der Waals surface area contributed by atoms with Gasteiger partial charge in [0, 0.05) is 37.3 Å². The fraction of sp³-hybridized carbons (Fsp3) is 0.533. The van der Waals surface area contributed by atoms with Crippen molar-refractivity contribution in [1.29, 1.82) is 0 Å². The van der Waals surface area contributed by atoms with Gasteiger partial charge in [0.1, 0.15) is 17.7 Å². The number of morpholine rings is 1. The van der Waals surface area contributed by atoms with Gasteiger partial charge in [-0.25, -0.2) is 8.78 Å². The van der Waals surface area contributed by atoms with E-state index in [9.17, 15) is 13.6 Å². The number of rotatable bonds is 4. The molecule has 0 unspecified atom stereocenters. The highest BCUT2D eigenvalue weighted by molar-refractivity contribution is 5.82. The summed E-state index contributed by atoms with van der Waals surface area (Å²) in [4.78, 5) is 14.2. The van der Waals surface area contributed by atoms with E-state index >= 15 is 0 Å². The number of nitrogens with one attached hydrogen (secondary N) is 1. The molecule has 21 heavy (non-hydrogen) atoms. The average Bonchev–Trinajstić information content (AvgIpc) is 3.31. The van der Waals surface area contributed by atoms with Crippen LogP contribution in [0.25, 0.3) is 0 Å². The Labute approximate surface area is 122 Å². The Morgan fingerprint density at radius 3 is 2.81 bits per heavy atom. The lowest BCUT2D eigenvalue weighted by molar-refractivity contribution is -0.146. The monoisotopic (exact) mass is 296 g/mol. The third-order valence-electron chi connectivity index (χ3n) is 3.83. The van der Waals surface area contributed by atoms with Crippen LogP contribution in [0.5, 0.6) is 0 Å². The molecule has 1 heterocycles. The third kappa shape index (κ3) is 3.39. The molecule has 1 atom stereocenters. The zero-order chi connectivity index (χ0) is 14.8. The van der Waals surface area contributed by atoms with E-state index in [1.54, 1.807) is 4.90 Å². The number of halogens is 2. The first kappa shape index (κ1) is 14.4. The largest absolute Gasteiger partial charge is 0.366 e. The number of hydrogen-bond acceptors (Lipinski definition) is 3. The standard InChI is InChI=1S/C15H18F2N2O2/c16-11-2-1-10(13(17)7-11)9-19(12-3-4-12)15(20)14-8-18-5-6-21-14/h1-2,7,12,14,18H,3-6,8-9H2/t14-/m1/s1. The first-order chi connectivity index (χ1) is 10.1. The quantitative estimate of drug-likeness (QED) is 0.914. The maximum atomic E-state index is 13.8. The molecular formula is C15H18F2N2O2. The lowest BCUT2D eigenvalue weighted by Crippen LogP contribution is -2.49. The van der Waals surface area contributed by atoms with Crippen molar-refractivity contribution in [2.45, 2.75) is 31.5 Å². The van der Waals surface area contributed by atoms with Crippen LogP contribution in [0.4, 0.5) is 8.78 Å². The van der Waals surface area contributed by atoms with Gasteiger partial charge in [0.2, 0.25) is 0 Å². The van der Waals surface area contributed by atoms with Crippen molar-refractivity contribution in [3.63, 3.8) is 0 Å². The second-order valence-corrected chi connectivity index (χ2v) is 5.50. The van der Waals surface area contributed by atoms with Gasteiger partial charge in [-0.3, -0.25) is 4.79 Å². The zero-order valence-corrected chi connectivity index (χ0v) is 11.6. The van der Waals surface area contributed by atoms with E-state index in [0.29, 0.717) is 18.7 Å². The predicted octanol–water partition coefficient (Wildman–Crippen LogP) is 1.44. The second kappa shape index (κ2) is 6.07. The van der Waals surface area contributed by atoms with Gasteiger partial charge in [0.15, 0.2) is 0 Å². The van der Waals surface area contributed by atoms with Crippen LogP contribution in [-0.4, -0.2) is 42.6 Å². The molecule has 2 fully saturated rings. The number of carbonyl (C=O) groups excluding carboxylic acids is 1. The van der Waals surface area contributed by atoms with E-state index in [2.05, 4.69) is 5.32 Å². The maximum Gasteiger partial charge on any atom is 0.253 e. The van der Waals surface area contributed by atoms with Crippen LogP contribution in [0.3, 0.4) is 0 Å². The first-order valence-corrected chi connectivity index (χ1v) is 7.22. The molecule has 1 N–H and O–H groups in total. The fourth-order valence-electron chi connectivity index (χ4n) is 2.52. The molecule has 1 aromatic rings. The molecule has 1 amide bonds. The topological polar surface area (TPSA) is 41.6 Å². The third-order valence-corrected chi connectivity index (χ3v) is 3.83. The van der Waals surface area contributed by atoms with Crippen molar-refractivity contribution in [1.82, 2.24) is 10.2 Å². The Hall–Kier alpha value is -1.53. The molecule has 114 valence electrons. The number of ether oxygens (including phenoxy) is 1. The lowest BCUT2D eigenvalue weighted by Gasteiger charge is -2.30. The minimum absolute atomic E-state index is 0.117. The molecular weight excluding hydrogens is 278 g/mol. The Kier molecular flexibility index (Phi) is 4.17. The van der Waals surface area contributed by atoms with E-state index < -0.39 is 17.7 Å². The molecule has 0 bridgehead atoms. The van der Waals surface area contributed by atoms with Crippen molar-refractivity contribution in [3.05, 3.63) is 35.4 Å². The predicted molar refractivity (Wildman–Crippen MR) is 72.5 cm³/mol. The van der Waals surface area contributed by atoms with Crippen LogP contribution in [0.2, 0.25) is 0 Å². The summed E-state index contributed by atoms with van der Waals surface area (Å²) < 4.78 is 32.2. The Balaban J connectivity index is 1.73. The number of carbonyl (C=O) groups is 1. The molecule has 1 aromatic carbocycles. The van der Waals surface area contributed by atoms with Crippen LogP contribution in [0.15, 0.2) is 18.2 Å². The van der Waals surface area contributed by atoms with Gasteiger partial charge in [-0.2, -0.15) is 0 Å². The number of amides is 1. The number of nitrogens with zero attached hydrogens (tertiary/aromatic N) is 1. The SMILES string of the molecule is O=C([C@H]1CNCCO1)N(Cc1ccc(F)cc1F)C1CC1. The highest BCUT2D eigenvalue weighted by Gasteiger charge is 2.37. The summed E-state index contributed by atoms with van der Waals surface area (Å²) >= 11 is 0. The summed E-state index contributed by atoms with van der Waals surface area (Å²) in [6.45, 7) is 1.88. The summed E-state index contributed by atoms with van der Waals surface area (Å²) in [6.07, 6.45) is 1.34. The fourth-order valence-corrected chi connectivity index (χ4v) is 2.52. The Morgan fingerprint density at radius 1 is 1.38 bits per heavy atom. The number of benzene rings is 1. The molecule has 4 nitrogen and oxygen atoms in total.